The van der Waals surface area contributed by atoms with E-state index in [9.17, 15) is 0 Å². The van der Waals surface area contributed by atoms with Crippen LogP contribution in [0.1, 0.15) is 26.2 Å². The minimum Gasteiger partial charge on any atom is -0.377 e. The molecule has 0 radical (unpaired) electrons. The number of ether oxygens (including phenoxy) is 1. The maximum absolute atomic E-state index is 5.54. The van der Waals surface area contributed by atoms with Gasteiger partial charge in [0, 0.05) is 12.6 Å². The predicted molar refractivity (Wildman–Crippen MR) is 61.9 cm³/mol. The third-order valence-electron chi connectivity index (χ3n) is 3.30. The van der Waals surface area contributed by atoms with E-state index in [2.05, 4.69) is 24.0 Å². The van der Waals surface area contributed by atoms with Gasteiger partial charge in [-0.2, -0.15) is 11.8 Å². The van der Waals surface area contributed by atoms with Crippen molar-refractivity contribution in [1.29, 1.82) is 0 Å². The number of rotatable bonds is 3. The summed E-state index contributed by atoms with van der Waals surface area (Å²) in [5.74, 6) is 3.63. The summed E-state index contributed by atoms with van der Waals surface area (Å²) in [6.07, 6.45) is 4.45. The first-order chi connectivity index (χ1) is 6.86. The van der Waals surface area contributed by atoms with Crippen molar-refractivity contribution >= 4 is 11.8 Å². The summed E-state index contributed by atoms with van der Waals surface area (Å²) in [5.41, 5.74) is 0. The number of thioether (sulfide) groups is 1. The average Bonchev–Trinajstić information content (AvgIpc) is 2.63. The normalized spacial score (nSPS) is 38.8. The van der Waals surface area contributed by atoms with Gasteiger partial charge in [-0.3, -0.25) is 0 Å². The van der Waals surface area contributed by atoms with E-state index in [1.54, 1.807) is 0 Å². The van der Waals surface area contributed by atoms with E-state index in [0.717, 1.165) is 12.5 Å². The maximum atomic E-state index is 5.54. The second-order valence-corrected chi connectivity index (χ2v) is 5.61. The first kappa shape index (κ1) is 10.8. The molecule has 14 heavy (non-hydrogen) atoms. The molecule has 0 amide bonds. The van der Waals surface area contributed by atoms with Crippen molar-refractivity contribution in [3.05, 3.63) is 0 Å². The number of nitrogens with one attached hydrogen (secondary N) is 1. The third kappa shape index (κ3) is 2.88. The molecule has 0 spiro atoms. The topological polar surface area (TPSA) is 21.3 Å². The van der Waals surface area contributed by atoms with Gasteiger partial charge in [-0.15, -0.1) is 0 Å². The predicted octanol–water partition coefficient (Wildman–Crippen LogP) is 1.90. The van der Waals surface area contributed by atoms with Crippen LogP contribution in [0.5, 0.6) is 0 Å². The maximum Gasteiger partial charge on any atom is 0.0700 e. The summed E-state index contributed by atoms with van der Waals surface area (Å²) in [6, 6.07) is 0.613. The molecule has 2 aliphatic heterocycles. The van der Waals surface area contributed by atoms with Crippen molar-refractivity contribution in [2.45, 2.75) is 38.3 Å². The number of hydrogen-bond donors (Lipinski definition) is 1. The quantitative estimate of drug-likeness (QED) is 0.777. The van der Waals surface area contributed by atoms with Gasteiger partial charge in [0.2, 0.25) is 0 Å². The summed E-state index contributed by atoms with van der Waals surface area (Å²) in [4.78, 5) is 0. The van der Waals surface area contributed by atoms with Crippen LogP contribution in [0.2, 0.25) is 0 Å². The van der Waals surface area contributed by atoms with Gasteiger partial charge in [-0.25, -0.2) is 0 Å². The third-order valence-corrected chi connectivity index (χ3v) is 4.58. The zero-order valence-electron chi connectivity index (χ0n) is 9.00. The lowest BCUT2D eigenvalue weighted by Gasteiger charge is -2.24. The molecule has 0 bridgehead atoms. The van der Waals surface area contributed by atoms with E-state index in [0.29, 0.717) is 12.1 Å². The average molecular weight is 215 g/mol. The molecule has 3 atom stereocenters. The Balaban J connectivity index is 1.65. The SMILES string of the molecule is CC1OCCC1NCC1CCCSC1. The highest BCUT2D eigenvalue weighted by Gasteiger charge is 2.24. The molecule has 0 aromatic carbocycles. The molecule has 82 valence electrons. The molecule has 2 nitrogen and oxygen atoms in total. The summed E-state index contributed by atoms with van der Waals surface area (Å²) in [6.45, 7) is 4.32. The molecule has 2 saturated heterocycles. The molecule has 1 N–H and O–H groups in total. The van der Waals surface area contributed by atoms with Crippen LogP contribution in [0.25, 0.3) is 0 Å². The highest BCUT2D eigenvalue weighted by atomic mass is 32.2. The van der Waals surface area contributed by atoms with Crippen LogP contribution in [-0.2, 0) is 4.74 Å². The van der Waals surface area contributed by atoms with Crippen LogP contribution in [0.3, 0.4) is 0 Å². The van der Waals surface area contributed by atoms with Gasteiger partial charge in [-0.1, -0.05) is 0 Å². The lowest BCUT2D eigenvalue weighted by molar-refractivity contribution is 0.112. The summed E-state index contributed by atoms with van der Waals surface area (Å²) >= 11 is 2.12. The molecule has 0 aliphatic carbocycles. The van der Waals surface area contributed by atoms with Crippen molar-refractivity contribution in [1.82, 2.24) is 5.32 Å². The molecule has 2 rings (SSSR count). The summed E-state index contributed by atoms with van der Waals surface area (Å²) in [7, 11) is 0. The number of hydrogen-bond acceptors (Lipinski definition) is 3. The van der Waals surface area contributed by atoms with E-state index < -0.39 is 0 Å². The van der Waals surface area contributed by atoms with Gasteiger partial charge in [0.15, 0.2) is 0 Å². The van der Waals surface area contributed by atoms with Gasteiger partial charge < -0.3 is 10.1 Å². The Morgan fingerprint density at radius 1 is 1.43 bits per heavy atom. The van der Waals surface area contributed by atoms with Gasteiger partial charge in [0.25, 0.3) is 0 Å². The Kier molecular flexibility index (Phi) is 4.14. The summed E-state index contributed by atoms with van der Waals surface area (Å²) < 4.78 is 5.54. The Labute approximate surface area is 91.2 Å². The van der Waals surface area contributed by atoms with Gasteiger partial charge in [0.1, 0.15) is 0 Å². The Morgan fingerprint density at radius 2 is 2.36 bits per heavy atom. The molecule has 3 heteroatoms. The van der Waals surface area contributed by atoms with Crippen molar-refractivity contribution in [3.63, 3.8) is 0 Å². The molecular formula is C11H21NOS. The lowest BCUT2D eigenvalue weighted by Crippen LogP contribution is -2.38. The standard InChI is InChI=1S/C11H21NOS/c1-9-11(4-5-13-9)12-7-10-3-2-6-14-8-10/h9-12H,2-8H2,1H3. The van der Waals surface area contributed by atoms with Gasteiger partial charge in [0.05, 0.1) is 6.10 Å². The van der Waals surface area contributed by atoms with E-state index in [4.69, 9.17) is 4.74 Å². The van der Waals surface area contributed by atoms with Crippen molar-refractivity contribution in [2.75, 3.05) is 24.7 Å². The molecule has 0 aromatic rings. The smallest absolute Gasteiger partial charge is 0.0700 e. The van der Waals surface area contributed by atoms with Crippen LogP contribution in [0.4, 0.5) is 0 Å². The van der Waals surface area contributed by atoms with Crippen molar-refractivity contribution in [3.8, 4) is 0 Å². The van der Waals surface area contributed by atoms with Crippen molar-refractivity contribution < 1.29 is 4.74 Å². The molecule has 0 saturated carbocycles. The molecule has 3 unspecified atom stereocenters. The van der Waals surface area contributed by atoms with Crippen LogP contribution >= 0.6 is 11.8 Å². The van der Waals surface area contributed by atoms with E-state index in [-0.39, 0.29) is 0 Å². The molecule has 2 aliphatic rings. The van der Waals surface area contributed by atoms with E-state index in [1.807, 2.05) is 0 Å². The van der Waals surface area contributed by atoms with Crippen LogP contribution in [-0.4, -0.2) is 36.8 Å². The zero-order valence-corrected chi connectivity index (χ0v) is 9.81. The van der Waals surface area contributed by atoms with Crippen LogP contribution in [0, 0.1) is 5.92 Å². The monoisotopic (exact) mass is 215 g/mol. The largest absolute Gasteiger partial charge is 0.377 e. The zero-order chi connectivity index (χ0) is 9.80. The Hall–Kier alpha value is 0.270. The Morgan fingerprint density at radius 3 is 3.00 bits per heavy atom. The lowest BCUT2D eigenvalue weighted by atomic mass is 10.0. The second kappa shape index (κ2) is 5.38. The van der Waals surface area contributed by atoms with E-state index >= 15 is 0 Å². The molecular weight excluding hydrogens is 194 g/mol. The highest BCUT2D eigenvalue weighted by Crippen LogP contribution is 2.22. The van der Waals surface area contributed by atoms with Gasteiger partial charge in [-0.05, 0) is 50.2 Å². The van der Waals surface area contributed by atoms with E-state index in [1.165, 1.54) is 37.3 Å². The fourth-order valence-corrected chi connectivity index (χ4v) is 3.44. The molecule has 2 fully saturated rings. The molecule has 2 heterocycles. The minimum atomic E-state index is 0.422. The van der Waals surface area contributed by atoms with Gasteiger partial charge >= 0.3 is 0 Å². The fraction of sp³-hybridized carbons (Fsp3) is 1.00. The fourth-order valence-electron chi connectivity index (χ4n) is 2.29. The molecule has 0 aromatic heterocycles. The first-order valence-electron chi connectivity index (χ1n) is 5.79. The summed E-state index contributed by atoms with van der Waals surface area (Å²) in [5, 5.41) is 3.66. The second-order valence-electron chi connectivity index (χ2n) is 4.46. The van der Waals surface area contributed by atoms with Crippen LogP contribution < -0.4 is 5.32 Å². The van der Waals surface area contributed by atoms with Crippen molar-refractivity contribution in [2.24, 2.45) is 5.92 Å². The van der Waals surface area contributed by atoms with Crippen LogP contribution in [0.15, 0.2) is 0 Å². The Bertz CT molecular complexity index is 171. The first-order valence-corrected chi connectivity index (χ1v) is 6.94. The minimum absolute atomic E-state index is 0.422. The highest BCUT2D eigenvalue weighted by molar-refractivity contribution is 7.99.